The summed E-state index contributed by atoms with van der Waals surface area (Å²) < 4.78 is 0. The lowest BCUT2D eigenvalue weighted by Gasteiger charge is -1.87. The Hall–Kier alpha value is -1.03. The maximum atomic E-state index is 4.89. The molecule has 4 heteroatoms. The number of aromatic amines is 1. The fourth-order valence-electron chi connectivity index (χ4n) is 0.702. The molecule has 8 heavy (non-hydrogen) atoms. The van der Waals surface area contributed by atoms with E-state index >= 15 is 0 Å². The second kappa shape index (κ2) is 1.23. The van der Waals surface area contributed by atoms with E-state index in [1.807, 2.05) is 0 Å². The van der Waals surface area contributed by atoms with Gasteiger partial charge in [0.05, 0.1) is 18.4 Å². The summed E-state index contributed by atoms with van der Waals surface area (Å²) in [6.45, 7) is 0.731. The first-order valence-electron chi connectivity index (χ1n) is 2.39. The molecule has 42 valence electrons. The van der Waals surface area contributed by atoms with Crippen LogP contribution in [0.5, 0.6) is 5.75 Å². The average molecular weight is 111 g/mol. The highest BCUT2D eigenvalue weighted by molar-refractivity contribution is 5.25. The van der Waals surface area contributed by atoms with E-state index in [1.165, 1.54) is 0 Å². The third-order valence-corrected chi connectivity index (χ3v) is 1.11. The number of aromatic nitrogens is 2. The lowest BCUT2D eigenvalue weighted by Crippen LogP contribution is -2.08. The Labute approximate surface area is 45.8 Å². The van der Waals surface area contributed by atoms with Gasteiger partial charge in [-0.05, 0) is 0 Å². The Bertz CT molecular complexity index is 176. The van der Waals surface area contributed by atoms with E-state index in [-0.39, 0.29) is 0 Å². The van der Waals surface area contributed by atoms with Crippen LogP contribution in [0.3, 0.4) is 0 Å². The van der Waals surface area contributed by atoms with Gasteiger partial charge in [0, 0.05) is 0 Å². The van der Waals surface area contributed by atoms with E-state index in [0.29, 0.717) is 0 Å². The summed E-state index contributed by atoms with van der Waals surface area (Å²) in [6, 6.07) is 0. The lowest BCUT2D eigenvalue weighted by atomic mass is 10.4. The largest absolute Gasteiger partial charge is 0.405 e. The molecule has 0 saturated carbocycles. The van der Waals surface area contributed by atoms with E-state index in [9.17, 15) is 0 Å². The first-order chi connectivity index (χ1) is 3.97. The predicted octanol–water partition coefficient (Wildman–Crippen LogP) is -0.193. The van der Waals surface area contributed by atoms with Crippen molar-refractivity contribution in [3.63, 3.8) is 0 Å². The van der Waals surface area contributed by atoms with Crippen LogP contribution >= 0.6 is 0 Å². The molecule has 0 atom stereocenters. The monoisotopic (exact) mass is 111 g/mol. The molecule has 0 aromatic carbocycles. The highest BCUT2D eigenvalue weighted by Crippen LogP contribution is 2.17. The van der Waals surface area contributed by atoms with Crippen molar-refractivity contribution in [3.8, 4) is 5.75 Å². The standard InChI is InChI=1S/C4H5N3O/c1-3-4(8-6-1)2-5-7-3/h2,6H,1H2,(H,5,7). The predicted molar refractivity (Wildman–Crippen MR) is 26.1 cm³/mol. The summed E-state index contributed by atoms with van der Waals surface area (Å²) >= 11 is 0. The molecule has 2 N–H and O–H groups in total. The normalized spacial score (nSPS) is 15.5. The van der Waals surface area contributed by atoms with Crippen molar-refractivity contribution in [1.82, 2.24) is 15.7 Å². The van der Waals surface area contributed by atoms with Crippen LogP contribution in [-0.4, -0.2) is 10.2 Å². The van der Waals surface area contributed by atoms with Gasteiger partial charge in [-0.25, -0.2) is 0 Å². The molecule has 0 aliphatic carbocycles. The van der Waals surface area contributed by atoms with Crippen molar-refractivity contribution in [1.29, 1.82) is 0 Å². The molecule has 0 bridgehead atoms. The number of hydrogen-bond donors (Lipinski definition) is 2. The summed E-state index contributed by atoms with van der Waals surface area (Å²) in [4.78, 5) is 4.89. The third-order valence-electron chi connectivity index (χ3n) is 1.11. The highest BCUT2D eigenvalue weighted by atomic mass is 16.7. The van der Waals surface area contributed by atoms with Crippen LogP contribution in [0.2, 0.25) is 0 Å². The quantitative estimate of drug-likeness (QED) is 0.487. The molecule has 1 aliphatic rings. The molecule has 2 heterocycles. The lowest BCUT2D eigenvalue weighted by molar-refractivity contribution is 0.223. The van der Waals surface area contributed by atoms with E-state index in [1.54, 1.807) is 6.20 Å². The van der Waals surface area contributed by atoms with Crippen LogP contribution in [-0.2, 0) is 6.54 Å². The van der Waals surface area contributed by atoms with Gasteiger partial charge in [-0.2, -0.15) is 10.6 Å². The molecule has 0 amide bonds. The minimum Gasteiger partial charge on any atom is -0.405 e. The zero-order valence-corrected chi connectivity index (χ0v) is 4.14. The molecule has 0 spiro atoms. The van der Waals surface area contributed by atoms with Crippen molar-refractivity contribution >= 4 is 0 Å². The SMILES string of the molecule is c1n[nH]c2c1ONC2. The summed E-state index contributed by atoms with van der Waals surface area (Å²) in [5.74, 6) is 0.810. The van der Waals surface area contributed by atoms with Crippen molar-refractivity contribution < 1.29 is 4.84 Å². The Morgan fingerprint density at radius 3 is 3.62 bits per heavy atom. The minimum atomic E-state index is 0.731. The second-order valence-electron chi connectivity index (χ2n) is 1.64. The van der Waals surface area contributed by atoms with E-state index in [0.717, 1.165) is 18.0 Å². The summed E-state index contributed by atoms with van der Waals surface area (Å²) in [7, 11) is 0. The van der Waals surface area contributed by atoms with Gasteiger partial charge < -0.3 is 4.84 Å². The van der Waals surface area contributed by atoms with Crippen molar-refractivity contribution in [2.45, 2.75) is 6.54 Å². The fraction of sp³-hybridized carbons (Fsp3) is 0.250. The first-order valence-corrected chi connectivity index (χ1v) is 2.39. The molecule has 0 saturated heterocycles. The van der Waals surface area contributed by atoms with E-state index in [2.05, 4.69) is 15.7 Å². The van der Waals surface area contributed by atoms with Crippen molar-refractivity contribution in [3.05, 3.63) is 11.9 Å². The van der Waals surface area contributed by atoms with Gasteiger partial charge in [0.15, 0.2) is 5.75 Å². The minimum absolute atomic E-state index is 0.731. The zero-order chi connectivity index (χ0) is 5.40. The Kier molecular flexibility index (Phi) is 0.599. The number of nitrogens with one attached hydrogen (secondary N) is 2. The number of hydrogen-bond acceptors (Lipinski definition) is 3. The van der Waals surface area contributed by atoms with Crippen LogP contribution in [0.4, 0.5) is 0 Å². The van der Waals surface area contributed by atoms with Crippen LogP contribution in [0, 0.1) is 0 Å². The molecule has 0 radical (unpaired) electrons. The van der Waals surface area contributed by atoms with Crippen LogP contribution in [0.15, 0.2) is 6.20 Å². The van der Waals surface area contributed by atoms with Gasteiger partial charge in [0.2, 0.25) is 0 Å². The first kappa shape index (κ1) is 3.91. The van der Waals surface area contributed by atoms with Crippen molar-refractivity contribution in [2.75, 3.05) is 0 Å². The molecule has 2 rings (SSSR count). The summed E-state index contributed by atoms with van der Waals surface area (Å²) in [5, 5.41) is 6.53. The molecule has 0 unspecified atom stereocenters. The van der Waals surface area contributed by atoms with Gasteiger partial charge in [0.1, 0.15) is 0 Å². The smallest absolute Gasteiger partial charge is 0.189 e. The molecular weight excluding hydrogens is 106 g/mol. The number of rotatable bonds is 0. The van der Waals surface area contributed by atoms with Gasteiger partial charge in [-0.1, -0.05) is 0 Å². The number of H-pyrrole nitrogens is 1. The topological polar surface area (TPSA) is 49.9 Å². The summed E-state index contributed by atoms with van der Waals surface area (Å²) in [5.41, 5.74) is 3.71. The third kappa shape index (κ3) is 0.350. The van der Waals surface area contributed by atoms with E-state index in [4.69, 9.17) is 4.84 Å². The van der Waals surface area contributed by atoms with Gasteiger partial charge in [-0.3, -0.25) is 5.10 Å². The zero-order valence-electron chi connectivity index (χ0n) is 4.14. The Morgan fingerprint density at radius 1 is 1.75 bits per heavy atom. The second-order valence-corrected chi connectivity index (χ2v) is 1.64. The Balaban J connectivity index is 2.54. The van der Waals surface area contributed by atoms with Crippen molar-refractivity contribution in [2.24, 2.45) is 0 Å². The Morgan fingerprint density at radius 2 is 2.75 bits per heavy atom. The number of fused-ring (bicyclic) bond motifs is 1. The molecule has 4 nitrogen and oxygen atoms in total. The molecule has 0 fully saturated rings. The average Bonchev–Trinajstić information content (AvgIpc) is 2.15. The maximum absolute atomic E-state index is 4.89. The molecule has 1 aromatic heterocycles. The maximum Gasteiger partial charge on any atom is 0.189 e. The number of hydroxylamine groups is 1. The van der Waals surface area contributed by atoms with Gasteiger partial charge >= 0.3 is 0 Å². The van der Waals surface area contributed by atoms with Crippen LogP contribution < -0.4 is 10.3 Å². The molecule has 1 aromatic rings. The summed E-state index contributed by atoms with van der Waals surface area (Å²) in [6.07, 6.45) is 1.65. The van der Waals surface area contributed by atoms with Crippen LogP contribution in [0.1, 0.15) is 5.69 Å². The molecular formula is C4H5N3O. The number of nitrogens with zero attached hydrogens (tertiary/aromatic N) is 1. The van der Waals surface area contributed by atoms with Gasteiger partial charge in [0.25, 0.3) is 0 Å². The van der Waals surface area contributed by atoms with Gasteiger partial charge in [-0.15, -0.1) is 0 Å². The highest BCUT2D eigenvalue weighted by Gasteiger charge is 2.11. The van der Waals surface area contributed by atoms with E-state index < -0.39 is 0 Å². The van der Waals surface area contributed by atoms with Crippen LogP contribution in [0.25, 0.3) is 0 Å². The fourth-order valence-corrected chi connectivity index (χ4v) is 0.702. The molecule has 1 aliphatic heterocycles.